The Kier molecular flexibility index (Phi) is 3.23. The van der Waals surface area contributed by atoms with Gasteiger partial charge in [-0.25, -0.2) is 4.98 Å². The van der Waals surface area contributed by atoms with Gasteiger partial charge in [-0.2, -0.15) is 0 Å². The summed E-state index contributed by atoms with van der Waals surface area (Å²) in [5.74, 6) is 1.31. The smallest absolute Gasteiger partial charge is 0.198 e. The van der Waals surface area contributed by atoms with Crippen LogP contribution in [0, 0.1) is 0 Å². The van der Waals surface area contributed by atoms with Crippen molar-refractivity contribution in [2.24, 2.45) is 0 Å². The number of hydrogen-bond acceptors (Lipinski definition) is 4. The predicted octanol–water partition coefficient (Wildman–Crippen LogP) is 3.01. The van der Waals surface area contributed by atoms with Crippen molar-refractivity contribution in [2.45, 2.75) is 6.61 Å². The van der Waals surface area contributed by atoms with E-state index in [1.165, 1.54) is 0 Å². The molecule has 19 heavy (non-hydrogen) atoms. The first kappa shape index (κ1) is 12.2. The summed E-state index contributed by atoms with van der Waals surface area (Å²) in [6.45, 7) is 0.266. The maximum atomic E-state index is 5.92. The molecule has 0 saturated carbocycles. The summed E-state index contributed by atoms with van der Waals surface area (Å²) < 4.78 is 7.34. The fraction of sp³-hybridized carbons (Fsp3) is 0.0833. The monoisotopic (exact) mass is 294 g/mol. The molecule has 0 fully saturated rings. The van der Waals surface area contributed by atoms with Gasteiger partial charge in [0.25, 0.3) is 0 Å². The maximum absolute atomic E-state index is 5.92. The van der Waals surface area contributed by atoms with Gasteiger partial charge in [0.15, 0.2) is 16.6 Å². The predicted molar refractivity (Wildman–Crippen MR) is 71.6 cm³/mol. The Labute approximate surface area is 118 Å². The first-order valence-corrected chi connectivity index (χ1v) is 6.22. The minimum absolute atomic E-state index is 0.266. The lowest BCUT2D eigenvalue weighted by atomic mass is 10.3. The van der Waals surface area contributed by atoms with Crippen molar-refractivity contribution < 1.29 is 4.74 Å². The summed E-state index contributed by atoms with van der Waals surface area (Å²) in [4.78, 5) is 3.93. The van der Waals surface area contributed by atoms with E-state index in [4.69, 9.17) is 27.9 Å². The van der Waals surface area contributed by atoms with Crippen LogP contribution in [-0.2, 0) is 6.61 Å². The molecule has 0 aliphatic heterocycles. The first-order valence-electron chi connectivity index (χ1n) is 5.46. The quantitative estimate of drug-likeness (QED) is 0.745. The lowest BCUT2D eigenvalue weighted by Crippen LogP contribution is -2.01. The SMILES string of the molecule is Clc1cccc(OCc2nnc3c(Cl)nccn23)c1. The molecule has 0 bridgehead atoms. The molecule has 0 unspecified atom stereocenters. The Morgan fingerprint density at radius 2 is 2.11 bits per heavy atom. The molecule has 7 heteroatoms. The third-order valence-electron chi connectivity index (χ3n) is 2.52. The second kappa shape index (κ2) is 5.03. The fourth-order valence-corrected chi connectivity index (χ4v) is 2.01. The molecule has 0 aliphatic carbocycles. The van der Waals surface area contributed by atoms with Crippen molar-refractivity contribution in [3.8, 4) is 5.75 Å². The number of hydrogen-bond donors (Lipinski definition) is 0. The summed E-state index contributed by atoms with van der Waals surface area (Å²) in [5, 5.41) is 8.92. The molecule has 0 spiro atoms. The molecule has 0 aliphatic rings. The van der Waals surface area contributed by atoms with Crippen molar-refractivity contribution in [1.29, 1.82) is 0 Å². The fourth-order valence-electron chi connectivity index (χ4n) is 1.65. The zero-order chi connectivity index (χ0) is 13.2. The van der Waals surface area contributed by atoms with Gasteiger partial charge >= 0.3 is 0 Å². The van der Waals surface area contributed by atoms with Gasteiger partial charge in [0.05, 0.1) is 0 Å². The Morgan fingerprint density at radius 3 is 2.95 bits per heavy atom. The average Bonchev–Trinajstić information content (AvgIpc) is 2.81. The number of benzene rings is 1. The van der Waals surface area contributed by atoms with Crippen LogP contribution in [-0.4, -0.2) is 19.6 Å². The van der Waals surface area contributed by atoms with E-state index in [0.717, 1.165) is 0 Å². The zero-order valence-corrected chi connectivity index (χ0v) is 11.1. The topological polar surface area (TPSA) is 52.3 Å². The first-order chi connectivity index (χ1) is 9.24. The van der Waals surface area contributed by atoms with Crippen molar-refractivity contribution in [3.05, 3.63) is 52.7 Å². The third-order valence-corrected chi connectivity index (χ3v) is 3.02. The van der Waals surface area contributed by atoms with Crippen LogP contribution in [0.4, 0.5) is 0 Å². The van der Waals surface area contributed by atoms with Gasteiger partial charge in [0, 0.05) is 17.4 Å². The maximum Gasteiger partial charge on any atom is 0.198 e. The Balaban J connectivity index is 1.84. The van der Waals surface area contributed by atoms with E-state index in [0.29, 0.717) is 27.4 Å². The van der Waals surface area contributed by atoms with E-state index in [2.05, 4.69) is 15.2 Å². The van der Waals surface area contributed by atoms with E-state index in [1.54, 1.807) is 28.9 Å². The Bertz CT molecular complexity index is 729. The molecule has 0 amide bonds. The van der Waals surface area contributed by atoms with Crippen LogP contribution in [0.5, 0.6) is 5.75 Å². The Hall–Kier alpha value is -1.85. The molecule has 0 N–H and O–H groups in total. The van der Waals surface area contributed by atoms with Crippen LogP contribution in [0.3, 0.4) is 0 Å². The van der Waals surface area contributed by atoms with Gasteiger partial charge in [-0.1, -0.05) is 29.3 Å². The second-order valence-corrected chi connectivity index (χ2v) is 4.57. The van der Waals surface area contributed by atoms with Gasteiger partial charge in [-0.15, -0.1) is 10.2 Å². The van der Waals surface area contributed by atoms with Crippen molar-refractivity contribution >= 4 is 28.8 Å². The molecule has 3 rings (SSSR count). The molecular formula is C12H8Cl2N4O. The van der Waals surface area contributed by atoms with Gasteiger partial charge in [-0.05, 0) is 18.2 Å². The van der Waals surface area contributed by atoms with E-state index >= 15 is 0 Å². The van der Waals surface area contributed by atoms with Crippen molar-refractivity contribution in [1.82, 2.24) is 19.6 Å². The highest BCUT2D eigenvalue weighted by molar-refractivity contribution is 6.32. The third kappa shape index (κ3) is 2.47. The molecule has 3 aromatic rings. The van der Waals surface area contributed by atoms with Crippen LogP contribution >= 0.6 is 23.2 Å². The van der Waals surface area contributed by atoms with Crippen LogP contribution in [0.2, 0.25) is 10.2 Å². The summed E-state index contributed by atoms with van der Waals surface area (Å²) in [6.07, 6.45) is 3.32. The number of aromatic nitrogens is 4. The normalized spacial score (nSPS) is 10.8. The second-order valence-electron chi connectivity index (χ2n) is 3.77. The van der Waals surface area contributed by atoms with E-state index < -0.39 is 0 Å². The zero-order valence-electron chi connectivity index (χ0n) is 9.62. The molecule has 5 nitrogen and oxygen atoms in total. The average molecular weight is 295 g/mol. The van der Waals surface area contributed by atoms with Gasteiger partial charge < -0.3 is 4.74 Å². The summed E-state index contributed by atoms with van der Waals surface area (Å²) in [7, 11) is 0. The minimum Gasteiger partial charge on any atom is -0.486 e. The van der Waals surface area contributed by atoms with Crippen LogP contribution < -0.4 is 4.74 Å². The van der Waals surface area contributed by atoms with E-state index in [9.17, 15) is 0 Å². The van der Waals surface area contributed by atoms with Crippen LogP contribution in [0.1, 0.15) is 5.82 Å². The van der Waals surface area contributed by atoms with E-state index in [1.807, 2.05) is 12.1 Å². The van der Waals surface area contributed by atoms with Crippen LogP contribution in [0.25, 0.3) is 5.65 Å². The molecule has 0 atom stereocenters. The van der Waals surface area contributed by atoms with Gasteiger partial charge in [0.2, 0.25) is 0 Å². The number of rotatable bonds is 3. The van der Waals surface area contributed by atoms with Gasteiger partial charge in [-0.3, -0.25) is 4.40 Å². The summed E-state index contributed by atoms with van der Waals surface area (Å²) >= 11 is 11.8. The number of halogens is 2. The Morgan fingerprint density at radius 1 is 1.21 bits per heavy atom. The lowest BCUT2D eigenvalue weighted by molar-refractivity contribution is 0.294. The molecule has 2 aromatic heterocycles. The number of fused-ring (bicyclic) bond motifs is 1. The molecular weight excluding hydrogens is 287 g/mol. The molecule has 96 valence electrons. The van der Waals surface area contributed by atoms with Crippen LogP contribution in [0.15, 0.2) is 36.7 Å². The van der Waals surface area contributed by atoms with E-state index in [-0.39, 0.29) is 6.61 Å². The highest BCUT2D eigenvalue weighted by Crippen LogP contribution is 2.19. The minimum atomic E-state index is 0.266. The number of ether oxygens (including phenoxy) is 1. The molecule has 2 heterocycles. The molecule has 1 aromatic carbocycles. The number of nitrogens with zero attached hydrogens (tertiary/aromatic N) is 4. The highest BCUT2D eigenvalue weighted by Gasteiger charge is 2.09. The highest BCUT2D eigenvalue weighted by atomic mass is 35.5. The van der Waals surface area contributed by atoms with Crippen molar-refractivity contribution in [2.75, 3.05) is 0 Å². The van der Waals surface area contributed by atoms with Gasteiger partial charge in [0.1, 0.15) is 12.4 Å². The standard InChI is InChI=1S/C12H8Cl2N4O/c13-8-2-1-3-9(6-8)19-7-10-16-17-12-11(14)15-4-5-18(10)12/h1-6H,7H2. The molecule has 0 saturated heterocycles. The lowest BCUT2D eigenvalue weighted by Gasteiger charge is -2.05. The van der Waals surface area contributed by atoms with Crippen molar-refractivity contribution in [3.63, 3.8) is 0 Å². The molecule has 0 radical (unpaired) electrons. The summed E-state index contributed by atoms with van der Waals surface area (Å²) in [5.41, 5.74) is 0.508. The largest absolute Gasteiger partial charge is 0.486 e. The summed E-state index contributed by atoms with van der Waals surface area (Å²) in [6, 6.07) is 7.16.